The van der Waals surface area contributed by atoms with Gasteiger partial charge in [-0.05, 0) is 40.1 Å². The van der Waals surface area contributed by atoms with E-state index < -0.39 is 0 Å². The summed E-state index contributed by atoms with van der Waals surface area (Å²) >= 11 is 0. The first kappa shape index (κ1) is 22.0. The second kappa shape index (κ2) is 10.2. The number of guanidine groups is 1. The van der Waals surface area contributed by atoms with E-state index in [2.05, 4.69) is 48.1 Å². The van der Waals surface area contributed by atoms with Crippen LogP contribution in [0.15, 0.2) is 35.3 Å². The van der Waals surface area contributed by atoms with Gasteiger partial charge in [0.25, 0.3) is 0 Å². The van der Waals surface area contributed by atoms with E-state index in [4.69, 9.17) is 4.74 Å². The molecule has 5 nitrogen and oxygen atoms in total. The van der Waals surface area contributed by atoms with Crippen LogP contribution in [0.2, 0.25) is 0 Å². The van der Waals surface area contributed by atoms with Crippen molar-refractivity contribution in [3.63, 3.8) is 0 Å². The Labute approximate surface area is 169 Å². The molecule has 1 aromatic carbocycles. The van der Waals surface area contributed by atoms with Gasteiger partial charge < -0.3 is 19.9 Å². The van der Waals surface area contributed by atoms with Gasteiger partial charge in [0.2, 0.25) is 0 Å². The minimum atomic E-state index is 0. The van der Waals surface area contributed by atoms with E-state index in [1.165, 1.54) is 0 Å². The Morgan fingerprint density at radius 2 is 1.84 bits per heavy atom. The van der Waals surface area contributed by atoms with Crippen LogP contribution in [-0.2, 0) is 0 Å². The molecule has 25 heavy (non-hydrogen) atoms. The molecule has 0 aromatic heterocycles. The third-order valence-corrected chi connectivity index (χ3v) is 4.89. The van der Waals surface area contributed by atoms with Crippen LogP contribution < -0.4 is 10.1 Å². The first-order chi connectivity index (χ1) is 11.4. The quantitative estimate of drug-likeness (QED) is 0.417. The van der Waals surface area contributed by atoms with Crippen molar-refractivity contribution in [2.75, 3.05) is 40.8 Å². The predicted octanol–water partition coefficient (Wildman–Crippen LogP) is 3.06. The number of aliphatic imine (C=N–C) groups is 1. The molecular weight excluding hydrogens is 427 g/mol. The van der Waals surface area contributed by atoms with E-state index in [0.717, 1.165) is 44.2 Å². The molecule has 0 aliphatic carbocycles. The molecule has 0 atom stereocenters. The van der Waals surface area contributed by atoms with E-state index in [9.17, 15) is 0 Å². The highest BCUT2D eigenvalue weighted by molar-refractivity contribution is 14.0. The maximum atomic E-state index is 6.07. The van der Waals surface area contributed by atoms with E-state index in [-0.39, 0.29) is 29.5 Å². The zero-order valence-corrected chi connectivity index (χ0v) is 18.5. The summed E-state index contributed by atoms with van der Waals surface area (Å²) in [6.07, 6.45) is 2.33. The molecule has 0 unspecified atom stereocenters. The molecule has 0 amide bonds. The van der Waals surface area contributed by atoms with Crippen LogP contribution in [0, 0.1) is 0 Å². The Morgan fingerprint density at radius 3 is 2.36 bits per heavy atom. The molecule has 1 aliphatic heterocycles. The number of benzene rings is 1. The maximum Gasteiger partial charge on any atom is 0.193 e. The summed E-state index contributed by atoms with van der Waals surface area (Å²) in [6.45, 7) is 7.27. The first-order valence-corrected chi connectivity index (χ1v) is 8.77. The smallest absolute Gasteiger partial charge is 0.193 e. The second-order valence-electron chi connectivity index (χ2n) is 7.22. The average molecular weight is 460 g/mol. The third-order valence-electron chi connectivity index (χ3n) is 4.89. The summed E-state index contributed by atoms with van der Waals surface area (Å²) in [6, 6.07) is 10.1. The highest BCUT2D eigenvalue weighted by Crippen LogP contribution is 2.19. The van der Waals surface area contributed by atoms with Crippen LogP contribution in [-0.4, -0.2) is 68.2 Å². The standard InChI is InChI=1S/C19H32N4O.HI/c1-19(2,22(4)5)15-21-18(20-3)23-13-11-17(12-14-23)24-16-9-7-6-8-10-16;/h6-10,17H,11-15H2,1-5H3,(H,20,21);1H. The number of para-hydroxylation sites is 1. The van der Waals surface area contributed by atoms with Crippen LogP contribution in [0.5, 0.6) is 5.75 Å². The van der Waals surface area contributed by atoms with Crippen molar-refractivity contribution in [1.82, 2.24) is 15.1 Å². The van der Waals surface area contributed by atoms with E-state index in [0.29, 0.717) is 6.10 Å². The summed E-state index contributed by atoms with van der Waals surface area (Å²) in [4.78, 5) is 9.01. The minimum absolute atomic E-state index is 0. The Bertz CT molecular complexity index is 525. The maximum absolute atomic E-state index is 6.07. The molecule has 1 aliphatic rings. The SMILES string of the molecule is CN=C(NCC(C)(C)N(C)C)N1CCC(Oc2ccccc2)CC1.I. The van der Waals surface area contributed by atoms with Crippen LogP contribution >= 0.6 is 24.0 Å². The lowest BCUT2D eigenvalue weighted by molar-refractivity contribution is 0.128. The van der Waals surface area contributed by atoms with E-state index in [1.807, 2.05) is 37.4 Å². The average Bonchev–Trinajstić information content (AvgIpc) is 2.57. The zero-order chi connectivity index (χ0) is 17.6. The number of rotatable bonds is 5. The topological polar surface area (TPSA) is 40.1 Å². The fraction of sp³-hybridized carbons (Fsp3) is 0.632. The van der Waals surface area contributed by atoms with Crippen molar-refractivity contribution in [3.8, 4) is 5.75 Å². The summed E-state index contributed by atoms with van der Waals surface area (Å²) in [5, 5.41) is 3.52. The molecule has 0 spiro atoms. The van der Waals surface area contributed by atoms with Gasteiger partial charge in [0.15, 0.2) is 5.96 Å². The zero-order valence-electron chi connectivity index (χ0n) is 16.2. The van der Waals surface area contributed by atoms with Crippen molar-refractivity contribution in [1.29, 1.82) is 0 Å². The lowest BCUT2D eigenvalue weighted by Crippen LogP contribution is -2.53. The van der Waals surface area contributed by atoms with E-state index >= 15 is 0 Å². The molecule has 142 valence electrons. The number of nitrogens with one attached hydrogen (secondary N) is 1. The second-order valence-corrected chi connectivity index (χ2v) is 7.22. The first-order valence-electron chi connectivity index (χ1n) is 8.77. The largest absolute Gasteiger partial charge is 0.490 e. The highest BCUT2D eigenvalue weighted by Gasteiger charge is 2.25. The number of hydrogen-bond donors (Lipinski definition) is 1. The summed E-state index contributed by atoms with van der Waals surface area (Å²) in [5.74, 6) is 1.95. The number of halogens is 1. The molecule has 1 N–H and O–H groups in total. The number of piperidine rings is 1. The minimum Gasteiger partial charge on any atom is -0.490 e. The monoisotopic (exact) mass is 460 g/mol. The molecule has 0 radical (unpaired) electrons. The lowest BCUT2D eigenvalue weighted by Gasteiger charge is -2.37. The van der Waals surface area contributed by atoms with Crippen LogP contribution in [0.3, 0.4) is 0 Å². The Balaban J connectivity index is 0.00000312. The van der Waals surface area contributed by atoms with Gasteiger partial charge in [-0.15, -0.1) is 24.0 Å². The van der Waals surface area contributed by atoms with Crippen LogP contribution in [0.25, 0.3) is 0 Å². The third kappa shape index (κ3) is 6.66. The number of likely N-dealkylation sites (N-methyl/N-ethyl adjacent to an activating group) is 1. The Morgan fingerprint density at radius 1 is 1.24 bits per heavy atom. The lowest BCUT2D eigenvalue weighted by atomic mass is 10.0. The number of hydrogen-bond acceptors (Lipinski definition) is 3. The summed E-state index contributed by atoms with van der Waals surface area (Å²) in [7, 11) is 6.07. The fourth-order valence-electron chi connectivity index (χ4n) is 2.66. The normalized spacial score (nSPS) is 16.6. The van der Waals surface area contributed by atoms with Crippen molar-refractivity contribution in [3.05, 3.63) is 30.3 Å². The van der Waals surface area contributed by atoms with Gasteiger partial charge in [0.1, 0.15) is 11.9 Å². The van der Waals surface area contributed by atoms with Crippen LogP contribution in [0.4, 0.5) is 0 Å². The van der Waals surface area contributed by atoms with Gasteiger partial charge in [-0.1, -0.05) is 18.2 Å². The fourth-order valence-corrected chi connectivity index (χ4v) is 2.66. The molecule has 0 saturated carbocycles. The van der Waals surface area contributed by atoms with Gasteiger partial charge >= 0.3 is 0 Å². The van der Waals surface area contributed by atoms with Crippen molar-refractivity contribution >= 4 is 29.9 Å². The number of likely N-dealkylation sites (tertiary alicyclic amines) is 1. The number of ether oxygens (including phenoxy) is 1. The molecule has 0 bridgehead atoms. The Hall–Kier alpha value is -1.02. The van der Waals surface area contributed by atoms with Gasteiger partial charge in [0, 0.05) is 45.1 Å². The van der Waals surface area contributed by atoms with Gasteiger partial charge in [-0.2, -0.15) is 0 Å². The summed E-state index contributed by atoms with van der Waals surface area (Å²) in [5.41, 5.74) is 0.0880. The molecule has 2 rings (SSSR count). The molecule has 6 heteroatoms. The van der Waals surface area contributed by atoms with Crippen molar-refractivity contribution in [2.24, 2.45) is 4.99 Å². The molecule has 1 heterocycles. The van der Waals surface area contributed by atoms with E-state index in [1.54, 1.807) is 0 Å². The molecule has 1 aromatic rings. The number of nitrogens with zero attached hydrogens (tertiary/aromatic N) is 3. The van der Waals surface area contributed by atoms with Crippen molar-refractivity contribution < 1.29 is 4.74 Å². The summed E-state index contributed by atoms with van der Waals surface area (Å²) < 4.78 is 6.07. The molecule has 1 saturated heterocycles. The van der Waals surface area contributed by atoms with Crippen LogP contribution in [0.1, 0.15) is 26.7 Å². The molecular formula is C19H33IN4O. The molecule has 1 fully saturated rings. The predicted molar refractivity (Wildman–Crippen MR) is 116 cm³/mol. The van der Waals surface area contributed by atoms with Gasteiger partial charge in [-0.25, -0.2) is 0 Å². The highest BCUT2D eigenvalue weighted by atomic mass is 127. The van der Waals surface area contributed by atoms with Crippen molar-refractivity contribution in [2.45, 2.75) is 38.3 Å². The van der Waals surface area contributed by atoms with Gasteiger partial charge in [0.05, 0.1) is 0 Å². The Kier molecular flexibility index (Phi) is 8.99. The van der Waals surface area contributed by atoms with Gasteiger partial charge in [-0.3, -0.25) is 4.99 Å².